The molecule has 1 heterocycles. The Bertz CT molecular complexity index is 900. The predicted octanol–water partition coefficient (Wildman–Crippen LogP) is 4.59. The highest BCUT2D eigenvalue weighted by Crippen LogP contribution is 2.36. The van der Waals surface area contributed by atoms with Crippen LogP contribution in [-0.4, -0.2) is 17.8 Å². The summed E-state index contributed by atoms with van der Waals surface area (Å²) in [6, 6.07) is 13.7. The Labute approximate surface area is 154 Å². The smallest absolute Gasteiger partial charge is 0.298 e. The van der Waals surface area contributed by atoms with E-state index in [0.717, 1.165) is 22.2 Å². The largest absolute Gasteiger partial charge is 0.481 e. The minimum Gasteiger partial charge on any atom is -0.481 e. The normalized spacial score (nSPS) is 15.5. The second kappa shape index (κ2) is 7.47. The number of halogens is 1. The molecule has 0 aromatic heterocycles. The van der Waals surface area contributed by atoms with Gasteiger partial charge in [0.2, 0.25) is 0 Å². The van der Waals surface area contributed by atoms with Gasteiger partial charge >= 0.3 is 0 Å². The maximum Gasteiger partial charge on any atom is 0.298 e. The van der Waals surface area contributed by atoms with Crippen LogP contribution in [0.3, 0.4) is 0 Å². The molecule has 0 saturated carbocycles. The van der Waals surface area contributed by atoms with Crippen LogP contribution in [0, 0.1) is 12.3 Å². The molecule has 25 heavy (non-hydrogen) atoms. The summed E-state index contributed by atoms with van der Waals surface area (Å²) in [4.78, 5) is 26.2. The van der Waals surface area contributed by atoms with Crippen molar-refractivity contribution in [3.8, 4) is 18.1 Å². The van der Waals surface area contributed by atoms with E-state index in [4.69, 9.17) is 22.8 Å². The number of anilines is 1. The van der Waals surface area contributed by atoms with Gasteiger partial charge in [-0.3, -0.25) is 9.59 Å². The number of carbonyl (C=O) groups excluding carboxylic acids is 2. The summed E-state index contributed by atoms with van der Waals surface area (Å²) < 4.78 is 5.30. The van der Waals surface area contributed by atoms with Crippen LogP contribution >= 0.6 is 23.4 Å². The second-order valence-electron chi connectivity index (χ2n) is 5.06. The highest BCUT2D eigenvalue weighted by molar-refractivity contribution is 8.19. The number of thioether (sulfide) groups is 1. The number of ether oxygens (including phenoxy) is 1. The first-order valence-corrected chi connectivity index (χ1v) is 8.48. The van der Waals surface area contributed by atoms with Crippen LogP contribution in [-0.2, 0) is 4.79 Å². The average Bonchev–Trinajstić information content (AvgIpc) is 2.88. The Balaban J connectivity index is 1.82. The second-order valence-corrected chi connectivity index (χ2v) is 6.49. The van der Waals surface area contributed by atoms with Crippen molar-refractivity contribution in [2.45, 2.75) is 0 Å². The first-order valence-electron chi connectivity index (χ1n) is 7.28. The van der Waals surface area contributed by atoms with Crippen LogP contribution in [0.15, 0.2) is 53.4 Å². The summed E-state index contributed by atoms with van der Waals surface area (Å²) in [6.45, 7) is 0.192. The van der Waals surface area contributed by atoms with Crippen molar-refractivity contribution in [1.82, 2.24) is 0 Å². The van der Waals surface area contributed by atoms with Crippen LogP contribution in [0.5, 0.6) is 5.75 Å². The molecule has 4 nitrogen and oxygen atoms in total. The molecule has 0 aliphatic carbocycles. The van der Waals surface area contributed by atoms with E-state index in [-0.39, 0.29) is 17.8 Å². The molecule has 1 aliphatic heterocycles. The average molecular weight is 370 g/mol. The van der Waals surface area contributed by atoms with Gasteiger partial charge < -0.3 is 4.74 Å². The van der Waals surface area contributed by atoms with Gasteiger partial charge in [-0.2, -0.15) is 0 Å². The zero-order valence-corrected chi connectivity index (χ0v) is 14.5. The predicted molar refractivity (Wildman–Crippen MR) is 101 cm³/mol. The Morgan fingerprint density at radius 3 is 2.64 bits per heavy atom. The molecular weight excluding hydrogens is 358 g/mol. The van der Waals surface area contributed by atoms with Crippen molar-refractivity contribution < 1.29 is 14.3 Å². The molecule has 0 radical (unpaired) electrons. The van der Waals surface area contributed by atoms with Gasteiger partial charge in [-0.25, -0.2) is 4.90 Å². The number of carbonyl (C=O) groups is 2. The van der Waals surface area contributed by atoms with Gasteiger partial charge in [0.15, 0.2) is 0 Å². The molecule has 0 atom stereocenters. The molecule has 2 amide bonds. The Morgan fingerprint density at radius 1 is 1.20 bits per heavy atom. The van der Waals surface area contributed by atoms with E-state index in [1.54, 1.807) is 54.6 Å². The molecule has 1 aliphatic rings. The number of rotatable bonds is 4. The molecular formula is C19H12ClNO3S. The molecule has 124 valence electrons. The lowest BCUT2D eigenvalue weighted by molar-refractivity contribution is -0.113. The monoisotopic (exact) mass is 369 g/mol. The molecule has 1 saturated heterocycles. The first-order chi connectivity index (χ1) is 12.1. The molecule has 6 heteroatoms. The van der Waals surface area contributed by atoms with Gasteiger partial charge in [0, 0.05) is 5.02 Å². The van der Waals surface area contributed by atoms with Gasteiger partial charge in [-0.05, 0) is 53.7 Å². The van der Waals surface area contributed by atoms with E-state index < -0.39 is 0 Å². The van der Waals surface area contributed by atoms with Gasteiger partial charge in [0.1, 0.15) is 12.4 Å². The third-order valence-corrected chi connectivity index (χ3v) is 4.46. The van der Waals surface area contributed by atoms with Gasteiger partial charge in [0.25, 0.3) is 11.1 Å². The standard InChI is InChI=1S/C19H12ClNO3S/c1-2-10-24-16-8-6-13(7-9-16)11-17-18(22)21(19(23)25-17)15-5-3-4-14(20)12-15/h1,3-9,11-12H,10H2/b17-11+. The quantitative estimate of drug-likeness (QED) is 0.584. The highest BCUT2D eigenvalue weighted by Gasteiger charge is 2.36. The third kappa shape index (κ3) is 3.87. The van der Waals surface area contributed by atoms with Crippen LogP contribution in [0.1, 0.15) is 5.56 Å². The fraction of sp³-hybridized carbons (Fsp3) is 0.0526. The number of terminal acetylenes is 1. The van der Waals surface area contributed by atoms with E-state index in [9.17, 15) is 9.59 Å². The molecule has 0 unspecified atom stereocenters. The van der Waals surface area contributed by atoms with Crippen molar-refractivity contribution in [2.75, 3.05) is 11.5 Å². The zero-order valence-electron chi connectivity index (χ0n) is 12.9. The van der Waals surface area contributed by atoms with E-state index in [2.05, 4.69) is 5.92 Å². The minimum absolute atomic E-state index is 0.192. The van der Waals surface area contributed by atoms with Crippen molar-refractivity contribution >= 4 is 46.3 Å². The van der Waals surface area contributed by atoms with E-state index in [1.165, 1.54) is 0 Å². The third-order valence-electron chi connectivity index (χ3n) is 3.36. The van der Waals surface area contributed by atoms with E-state index in [1.807, 2.05) is 0 Å². The summed E-state index contributed by atoms with van der Waals surface area (Å²) in [7, 11) is 0. The Kier molecular flexibility index (Phi) is 5.13. The Hall–Kier alpha value is -2.68. The van der Waals surface area contributed by atoms with Crippen LogP contribution in [0.2, 0.25) is 5.02 Å². The van der Waals surface area contributed by atoms with Crippen molar-refractivity contribution in [3.05, 3.63) is 64.0 Å². The first kappa shape index (κ1) is 17.2. The highest BCUT2D eigenvalue weighted by atomic mass is 35.5. The van der Waals surface area contributed by atoms with Gasteiger partial charge in [0.05, 0.1) is 10.6 Å². The Morgan fingerprint density at radius 2 is 1.96 bits per heavy atom. The lowest BCUT2D eigenvalue weighted by Gasteiger charge is -2.12. The number of imide groups is 1. The van der Waals surface area contributed by atoms with Gasteiger partial charge in [-0.15, -0.1) is 6.42 Å². The van der Waals surface area contributed by atoms with E-state index in [0.29, 0.717) is 21.4 Å². The molecule has 0 spiro atoms. The van der Waals surface area contributed by atoms with E-state index >= 15 is 0 Å². The summed E-state index contributed by atoms with van der Waals surface area (Å²) in [6.07, 6.45) is 6.81. The summed E-state index contributed by atoms with van der Waals surface area (Å²) in [5, 5.41) is 0.107. The zero-order chi connectivity index (χ0) is 17.8. The molecule has 0 N–H and O–H groups in total. The number of benzene rings is 2. The molecule has 0 bridgehead atoms. The van der Waals surface area contributed by atoms with Gasteiger partial charge in [-0.1, -0.05) is 35.7 Å². The number of nitrogens with zero attached hydrogens (tertiary/aromatic N) is 1. The maximum absolute atomic E-state index is 12.6. The van der Waals surface area contributed by atoms with Crippen LogP contribution in [0.4, 0.5) is 10.5 Å². The van der Waals surface area contributed by atoms with Crippen LogP contribution in [0.25, 0.3) is 6.08 Å². The number of hydrogen-bond donors (Lipinski definition) is 0. The summed E-state index contributed by atoms with van der Waals surface area (Å²) >= 11 is 6.83. The SMILES string of the molecule is C#CCOc1ccc(/C=C2/SC(=O)N(c3cccc(Cl)c3)C2=O)cc1. The lowest BCUT2D eigenvalue weighted by Crippen LogP contribution is -2.27. The fourth-order valence-corrected chi connectivity index (χ4v) is 3.27. The van der Waals surface area contributed by atoms with Crippen molar-refractivity contribution in [1.29, 1.82) is 0 Å². The fourth-order valence-electron chi connectivity index (χ4n) is 2.24. The molecule has 1 fully saturated rings. The van der Waals surface area contributed by atoms with Crippen molar-refractivity contribution in [2.24, 2.45) is 0 Å². The molecule has 2 aromatic rings. The topological polar surface area (TPSA) is 46.6 Å². The minimum atomic E-state index is -0.370. The summed E-state index contributed by atoms with van der Waals surface area (Å²) in [5.41, 5.74) is 1.24. The van der Waals surface area contributed by atoms with Crippen LogP contribution < -0.4 is 9.64 Å². The van der Waals surface area contributed by atoms with Crippen molar-refractivity contribution in [3.63, 3.8) is 0 Å². The number of hydrogen-bond acceptors (Lipinski definition) is 4. The maximum atomic E-state index is 12.6. The lowest BCUT2D eigenvalue weighted by atomic mass is 10.2. The molecule has 2 aromatic carbocycles. The molecule has 3 rings (SSSR count). The number of amides is 2. The summed E-state index contributed by atoms with van der Waals surface area (Å²) in [5.74, 6) is 2.66.